The van der Waals surface area contributed by atoms with Gasteiger partial charge in [-0.05, 0) is 50.9 Å². The van der Waals surface area contributed by atoms with E-state index in [1.807, 2.05) is 60.7 Å². The quantitative estimate of drug-likeness (QED) is 0.159. The van der Waals surface area contributed by atoms with E-state index in [2.05, 4.69) is 140 Å². The van der Waals surface area contributed by atoms with Crippen LogP contribution in [0.1, 0.15) is 0 Å². The molecule has 0 unspecified atom stereocenters. The molecule has 270 valence electrons. The summed E-state index contributed by atoms with van der Waals surface area (Å²) < 4.78 is 0. The molecule has 58 heavy (non-hydrogen) atoms. The number of hydrogen-bond donors (Lipinski definition) is 0. The molecule has 5 heteroatoms. The number of fused-ring (bicyclic) bond motifs is 6. The molecule has 3 heterocycles. The van der Waals surface area contributed by atoms with E-state index in [1.54, 1.807) is 0 Å². The highest BCUT2D eigenvalue weighted by molar-refractivity contribution is 6.13. The predicted octanol–water partition coefficient (Wildman–Crippen LogP) is 13.3. The molecule has 0 saturated carbocycles. The van der Waals surface area contributed by atoms with E-state index in [-0.39, 0.29) is 0 Å². The molecule has 0 atom stereocenters. The first-order valence-corrected chi connectivity index (χ1v) is 19.4. The zero-order valence-electron chi connectivity index (χ0n) is 31.3. The maximum atomic E-state index is 5.24. The van der Waals surface area contributed by atoms with Gasteiger partial charge >= 0.3 is 0 Å². The third-order valence-electron chi connectivity index (χ3n) is 10.9. The van der Waals surface area contributed by atoms with Gasteiger partial charge in [-0.3, -0.25) is 0 Å². The minimum absolute atomic E-state index is 0.618. The number of nitrogens with zero attached hydrogens (tertiary/aromatic N) is 5. The molecule has 3 aromatic heterocycles. The Bertz CT molecular complexity index is 3250. The zero-order chi connectivity index (χ0) is 38.4. The molecule has 0 bridgehead atoms. The lowest BCUT2D eigenvalue weighted by Crippen LogP contribution is -2.00. The van der Waals surface area contributed by atoms with E-state index >= 15 is 0 Å². The van der Waals surface area contributed by atoms with Crippen molar-refractivity contribution in [1.29, 1.82) is 0 Å². The minimum atomic E-state index is 0.618. The van der Waals surface area contributed by atoms with E-state index < -0.39 is 0 Å². The van der Waals surface area contributed by atoms with Gasteiger partial charge in [-0.25, -0.2) is 24.9 Å². The molecule has 0 fully saturated rings. The number of benzene rings is 8. The Kier molecular flexibility index (Phi) is 8.07. The van der Waals surface area contributed by atoms with Crippen LogP contribution in [-0.4, -0.2) is 24.9 Å². The number of aromatic nitrogens is 5. The van der Waals surface area contributed by atoms with Gasteiger partial charge in [0.1, 0.15) is 0 Å². The lowest BCUT2D eigenvalue weighted by Gasteiger charge is -2.12. The van der Waals surface area contributed by atoms with Crippen LogP contribution in [0.25, 0.3) is 111 Å². The first kappa shape index (κ1) is 33.4. The van der Waals surface area contributed by atoms with Crippen LogP contribution >= 0.6 is 0 Å². The van der Waals surface area contributed by atoms with Gasteiger partial charge in [-0.15, -0.1) is 0 Å². The van der Waals surface area contributed by atoms with Crippen LogP contribution in [0.2, 0.25) is 0 Å². The van der Waals surface area contributed by atoms with Crippen LogP contribution in [0.15, 0.2) is 200 Å². The molecule has 0 aliphatic heterocycles. The van der Waals surface area contributed by atoms with Gasteiger partial charge < -0.3 is 0 Å². The second-order valence-corrected chi connectivity index (χ2v) is 14.5. The zero-order valence-corrected chi connectivity index (χ0v) is 31.3. The van der Waals surface area contributed by atoms with Gasteiger partial charge in [0.25, 0.3) is 0 Å². The minimum Gasteiger partial charge on any atom is -0.245 e. The maximum Gasteiger partial charge on any atom is 0.164 e. The molecular weight excluding hydrogens is 707 g/mol. The average Bonchev–Trinajstić information content (AvgIpc) is 3.31. The Morgan fingerprint density at radius 3 is 1.17 bits per heavy atom. The van der Waals surface area contributed by atoms with E-state index in [1.165, 1.54) is 32.7 Å². The standard InChI is InChI=1S/C53H33N5/c1-3-11-39(12-4-1)51-56-52(40-13-5-2-6-14-40)58-53(57-51)41-27-23-36(24-28-41)48-32-30-38-26-25-37-29-31-47(54-49(37)50(38)55-48)35-21-19-34(20-22-35)46-33-42-15-7-8-16-43(42)44-17-9-10-18-45(44)46/h1-33H. The van der Waals surface area contributed by atoms with Crippen LogP contribution in [0.4, 0.5) is 0 Å². The molecule has 0 spiro atoms. The van der Waals surface area contributed by atoms with Gasteiger partial charge in [0.2, 0.25) is 0 Å². The molecule has 5 nitrogen and oxygen atoms in total. The first-order valence-electron chi connectivity index (χ1n) is 19.4. The second-order valence-electron chi connectivity index (χ2n) is 14.5. The summed E-state index contributed by atoms with van der Waals surface area (Å²) in [7, 11) is 0. The maximum absolute atomic E-state index is 5.24. The predicted molar refractivity (Wildman–Crippen MR) is 238 cm³/mol. The molecule has 0 radical (unpaired) electrons. The summed E-state index contributed by atoms with van der Waals surface area (Å²) in [4.78, 5) is 25.1. The van der Waals surface area contributed by atoms with Gasteiger partial charge in [0.15, 0.2) is 17.5 Å². The fourth-order valence-corrected chi connectivity index (χ4v) is 7.93. The molecular formula is C53H33N5. The van der Waals surface area contributed by atoms with Crippen molar-refractivity contribution in [2.45, 2.75) is 0 Å². The van der Waals surface area contributed by atoms with E-state index in [0.717, 1.165) is 61.0 Å². The van der Waals surface area contributed by atoms with Crippen molar-refractivity contribution in [1.82, 2.24) is 24.9 Å². The van der Waals surface area contributed by atoms with Crippen molar-refractivity contribution in [3.05, 3.63) is 200 Å². The van der Waals surface area contributed by atoms with Gasteiger partial charge in [0.05, 0.1) is 22.4 Å². The van der Waals surface area contributed by atoms with Crippen LogP contribution in [0, 0.1) is 0 Å². The fraction of sp³-hybridized carbons (Fsp3) is 0. The summed E-state index contributed by atoms with van der Waals surface area (Å²) in [5.41, 5.74) is 10.8. The SMILES string of the molecule is c1ccc(-c2nc(-c3ccccc3)nc(-c3ccc(-c4ccc5ccc6ccc(-c7ccc(-c8cc9ccccc9c9ccccc89)cc7)nc6c5n4)cc3)n2)cc1. The molecule has 0 amide bonds. The highest BCUT2D eigenvalue weighted by atomic mass is 15.0. The van der Waals surface area contributed by atoms with Crippen LogP contribution in [-0.2, 0) is 0 Å². The van der Waals surface area contributed by atoms with Crippen LogP contribution in [0.5, 0.6) is 0 Å². The molecule has 0 saturated heterocycles. The number of rotatable bonds is 6. The molecule has 0 N–H and O–H groups in total. The van der Waals surface area contributed by atoms with Crippen molar-refractivity contribution in [3.63, 3.8) is 0 Å². The summed E-state index contributed by atoms with van der Waals surface area (Å²) >= 11 is 0. The monoisotopic (exact) mass is 739 g/mol. The van der Waals surface area contributed by atoms with Gasteiger partial charge in [0, 0.05) is 38.6 Å². The van der Waals surface area contributed by atoms with E-state index in [9.17, 15) is 0 Å². The Balaban J connectivity index is 0.936. The smallest absolute Gasteiger partial charge is 0.164 e. The van der Waals surface area contributed by atoms with E-state index in [4.69, 9.17) is 24.9 Å². The number of hydrogen-bond acceptors (Lipinski definition) is 5. The highest BCUT2D eigenvalue weighted by Crippen LogP contribution is 2.36. The summed E-state index contributed by atoms with van der Waals surface area (Å²) in [6.45, 7) is 0. The second kappa shape index (κ2) is 14.0. The molecule has 11 aromatic rings. The van der Waals surface area contributed by atoms with Crippen molar-refractivity contribution < 1.29 is 0 Å². The van der Waals surface area contributed by atoms with Gasteiger partial charge in [-0.2, -0.15) is 0 Å². The Labute approximate surface area is 335 Å². The van der Waals surface area contributed by atoms with Crippen LogP contribution in [0.3, 0.4) is 0 Å². The molecule has 8 aromatic carbocycles. The summed E-state index contributed by atoms with van der Waals surface area (Å²) in [5, 5.41) is 7.12. The Morgan fingerprint density at radius 2 is 0.638 bits per heavy atom. The largest absolute Gasteiger partial charge is 0.245 e. The average molecular weight is 740 g/mol. The van der Waals surface area contributed by atoms with Gasteiger partial charge in [-0.1, -0.05) is 182 Å². The van der Waals surface area contributed by atoms with E-state index in [0.29, 0.717) is 17.5 Å². The Morgan fingerprint density at radius 1 is 0.241 bits per heavy atom. The third-order valence-corrected chi connectivity index (χ3v) is 10.9. The van der Waals surface area contributed by atoms with Crippen LogP contribution < -0.4 is 0 Å². The summed E-state index contributed by atoms with van der Waals surface area (Å²) in [6, 6.07) is 69.4. The lowest BCUT2D eigenvalue weighted by atomic mass is 9.93. The number of pyridine rings is 2. The normalized spacial score (nSPS) is 11.4. The lowest BCUT2D eigenvalue weighted by molar-refractivity contribution is 1.07. The van der Waals surface area contributed by atoms with Crippen molar-refractivity contribution in [2.75, 3.05) is 0 Å². The third kappa shape index (κ3) is 6.03. The first-order chi connectivity index (χ1) is 28.7. The van der Waals surface area contributed by atoms with Crippen molar-refractivity contribution in [3.8, 4) is 67.8 Å². The summed E-state index contributed by atoms with van der Waals surface area (Å²) in [6.07, 6.45) is 0. The Hall–Kier alpha value is -7.89. The van der Waals surface area contributed by atoms with Crippen molar-refractivity contribution in [2.24, 2.45) is 0 Å². The molecule has 0 aliphatic rings. The fourth-order valence-electron chi connectivity index (χ4n) is 7.93. The summed E-state index contributed by atoms with van der Waals surface area (Å²) in [5.74, 6) is 1.89. The topological polar surface area (TPSA) is 64.5 Å². The van der Waals surface area contributed by atoms with Crippen molar-refractivity contribution >= 4 is 43.4 Å². The molecule has 11 rings (SSSR count). The molecule has 0 aliphatic carbocycles. The highest BCUT2D eigenvalue weighted by Gasteiger charge is 2.14.